The highest BCUT2D eigenvalue weighted by atomic mass is 14.9. The lowest BCUT2D eigenvalue weighted by molar-refractivity contribution is 0.468. The van der Waals surface area contributed by atoms with Crippen LogP contribution in [0.25, 0.3) is 0 Å². The van der Waals surface area contributed by atoms with Crippen molar-refractivity contribution in [2.24, 2.45) is 0 Å². The Morgan fingerprint density at radius 2 is 2.00 bits per heavy atom. The first-order valence-electron chi connectivity index (χ1n) is 5.93. The molecule has 0 saturated carbocycles. The van der Waals surface area contributed by atoms with E-state index in [0.29, 0.717) is 6.04 Å². The third-order valence-corrected chi connectivity index (χ3v) is 3.01. The Hall–Kier alpha value is -0.860. The highest BCUT2D eigenvalue weighted by molar-refractivity contribution is 5.14. The molecule has 1 aliphatic heterocycles. The van der Waals surface area contributed by atoms with Crippen molar-refractivity contribution < 1.29 is 0 Å². The summed E-state index contributed by atoms with van der Waals surface area (Å²) < 4.78 is 0. The minimum absolute atomic E-state index is 0.695. The molecule has 1 aliphatic rings. The molecule has 2 N–H and O–H groups in total. The van der Waals surface area contributed by atoms with Crippen molar-refractivity contribution in [3.8, 4) is 0 Å². The predicted octanol–water partition coefficient (Wildman–Crippen LogP) is 1.92. The van der Waals surface area contributed by atoms with Gasteiger partial charge in [-0.3, -0.25) is 0 Å². The second-order valence-corrected chi connectivity index (χ2v) is 4.24. The van der Waals surface area contributed by atoms with Crippen molar-refractivity contribution in [1.82, 2.24) is 10.6 Å². The summed E-state index contributed by atoms with van der Waals surface area (Å²) in [6, 6.07) is 11.3. The molecule has 2 rings (SSSR count). The Kier molecular flexibility index (Phi) is 4.18. The summed E-state index contributed by atoms with van der Waals surface area (Å²) in [6.07, 6.45) is 3.86. The summed E-state index contributed by atoms with van der Waals surface area (Å²) >= 11 is 0. The predicted molar refractivity (Wildman–Crippen MR) is 63.8 cm³/mol. The number of hydrogen-bond donors (Lipinski definition) is 2. The van der Waals surface area contributed by atoms with Crippen LogP contribution >= 0.6 is 0 Å². The van der Waals surface area contributed by atoms with Gasteiger partial charge in [0.25, 0.3) is 0 Å². The molecule has 1 aromatic rings. The molecule has 2 nitrogen and oxygen atoms in total. The maximum atomic E-state index is 3.64. The van der Waals surface area contributed by atoms with Crippen molar-refractivity contribution in [3.05, 3.63) is 35.9 Å². The summed E-state index contributed by atoms with van der Waals surface area (Å²) in [4.78, 5) is 0. The van der Waals surface area contributed by atoms with Crippen LogP contribution in [0.3, 0.4) is 0 Å². The van der Waals surface area contributed by atoms with Gasteiger partial charge in [-0.05, 0) is 37.9 Å². The second kappa shape index (κ2) is 5.89. The zero-order chi connectivity index (χ0) is 10.3. The molecule has 1 fully saturated rings. The molecule has 0 unspecified atom stereocenters. The summed E-state index contributed by atoms with van der Waals surface area (Å²) in [5.74, 6) is 0. The normalized spacial score (nSPS) is 22.3. The zero-order valence-electron chi connectivity index (χ0n) is 9.21. The van der Waals surface area contributed by atoms with E-state index < -0.39 is 0 Å². The molecule has 1 heterocycles. The van der Waals surface area contributed by atoms with Crippen molar-refractivity contribution >= 4 is 0 Å². The standard InChI is InChI=1S/C13H20N2/c1-2-5-12(6-3-1)11-15-13-7-4-9-14-10-8-13/h1-3,5-6,13-15H,4,7-11H2/t13-/m0/s1. The van der Waals surface area contributed by atoms with Crippen LogP contribution in [0.15, 0.2) is 30.3 Å². The number of nitrogens with one attached hydrogen (secondary N) is 2. The lowest BCUT2D eigenvalue weighted by Gasteiger charge is -2.15. The van der Waals surface area contributed by atoms with Crippen molar-refractivity contribution in [3.63, 3.8) is 0 Å². The number of rotatable bonds is 3. The smallest absolute Gasteiger partial charge is 0.0208 e. The van der Waals surface area contributed by atoms with Crippen LogP contribution in [0.4, 0.5) is 0 Å². The van der Waals surface area contributed by atoms with E-state index in [9.17, 15) is 0 Å². The van der Waals surface area contributed by atoms with E-state index in [0.717, 1.165) is 13.1 Å². The van der Waals surface area contributed by atoms with Crippen molar-refractivity contribution in [1.29, 1.82) is 0 Å². The van der Waals surface area contributed by atoms with E-state index in [1.165, 1.54) is 31.4 Å². The highest BCUT2D eigenvalue weighted by Gasteiger charge is 2.10. The van der Waals surface area contributed by atoms with Gasteiger partial charge in [-0.25, -0.2) is 0 Å². The third kappa shape index (κ3) is 3.65. The van der Waals surface area contributed by atoms with Gasteiger partial charge >= 0.3 is 0 Å². The van der Waals surface area contributed by atoms with E-state index in [2.05, 4.69) is 41.0 Å². The van der Waals surface area contributed by atoms with Gasteiger partial charge in [-0.15, -0.1) is 0 Å². The fourth-order valence-electron chi connectivity index (χ4n) is 2.08. The first kappa shape index (κ1) is 10.7. The van der Waals surface area contributed by atoms with Crippen LogP contribution in [0.2, 0.25) is 0 Å². The van der Waals surface area contributed by atoms with Gasteiger partial charge in [-0.2, -0.15) is 0 Å². The Bertz CT molecular complexity index is 263. The Morgan fingerprint density at radius 1 is 1.13 bits per heavy atom. The molecule has 1 atom stereocenters. The summed E-state index contributed by atoms with van der Waals surface area (Å²) in [7, 11) is 0. The van der Waals surface area contributed by atoms with Gasteiger partial charge in [0.1, 0.15) is 0 Å². The van der Waals surface area contributed by atoms with Crippen molar-refractivity contribution in [2.75, 3.05) is 13.1 Å². The molecular weight excluding hydrogens is 184 g/mol. The fourth-order valence-corrected chi connectivity index (χ4v) is 2.08. The van der Waals surface area contributed by atoms with Gasteiger partial charge in [0.2, 0.25) is 0 Å². The third-order valence-electron chi connectivity index (χ3n) is 3.01. The van der Waals surface area contributed by atoms with Gasteiger partial charge in [0.15, 0.2) is 0 Å². The van der Waals surface area contributed by atoms with Crippen LogP contribution in [0.1, 0.15) is 24.8 Å². The van der Waals surface area contributed by atoms with Crippen LogP contribution < -0.4 is 10.6 Å². The van der Waals surface area contributed by atoms with Crippen LogP contribution in [0.5, 0.6) is 0 Å². The van der Waals surface area contributed by atoms with E-state index in [4.69, 9.17) is 0 Å². The molecular formula is C13H20N2. The first-order valence-corrected chi connectivity index (χ1v) is 5.93. The zero-order valence-corrected chi connectivity index (χ0v) is 9.21. The van der Waals surface area contributed by atoms with E-state index in [1.807, 2.05) is 0 Å². The number of benzene rings is 1. The molecule has 0 amide bonds. The lowest BCUT2D eigenvalue weighted by Crippen LogP contribution is -2.29. The summed E-state index contributed by atoms with van der Waals surface area (Å²) in [6.45, 7) is 3.35. The Labute approximate surface area is 92.1 Å². The molecule has 0 radical (unpaired) electrons. The van der Waals surface area contributed by atoms with Crippen molar-refractivity contribution in [2.45, 2.75) is 31.8 Å². The average molecular weight is 204 g/mol. The lowest BCUT2D eigenvalue weighted by atomic mass is 10.1. The van der Waals surface area contributed by atoms with Gasteiger partial charge in [0.05, 0.1) is 0 Å². The van der Waals surface area contributed by atoms with Gasteiger partial charge in [0, 0.05) is 12.6 Å². The minimum Gasteiger partial charge on any atom is -0.317 e. The topological polar surface area (TPSA) is 24.1 Å². The Morgan fingerprint density at radius 3 is 2.87 bits per heavy atom. The average Bonchev–Trinajstić information content (AvgIpc) is 2.56. The summed E-state index contributed by atoms with van der Waals surface area (Å²) in [5, 5.41) is 7.07. The molecule has 1 aromatic carbocycles. The molecule has 15 heavy (non-hydrogen) atoms. The Balaban J connectivity index is 1.77. The SMILES string of the molecule is c1ccc(CN[C@H]2CCCNCC2)cc1. The molecule has 1 saturated heterocycles. The largest absolute Gasteiger partial charge is 0.317 e. The van der Waals surface area contributed by atoms with Gasteiger partial charge in [-0.1, -0.05) is 30.3 Å². The molecule has 0 bridgehead atoms. The van der Waals surface area contributed by atoms with Gasteiger partial charge < -0.3 is 10.6 Å². The maximum Gasteiger partial charge on any atom is 0.0208 e. The van der Waals surface area contributed by atoms with Crippen LogP contribution in [0, 0.1) is 0 Å². The van der Waals surface area contributed by atoms with E-state index in [1.54, 1.807) is 0 Å². The van der Waals surface area contributed by atoms with Crippen LogP contribution in [-0.2, 0) is 6.54 Å². The molecule has 0 spiro atoms. The number of hydrogen-bond acceptors (Lipinski definition) is 2. The fraction of sp³-hybridized carbons (Fsp3) is 0.538. The highest BCUT2D eigenvalue weighted by Crippen LogP contribution is 2.06. The van der Waals surface area contributed by atoms with E-state index >= 15 is 0 Å². The first-order chi connectivity index (χ1) is 7.45. The molecule has 0 aromatic heterocycles. The summed E-state index contributed by atoms with van der Waals surface area (Å²) in [5.41, 5.74) is 1.38. The second-order valence-electron chi connectivity index (χ2n) is 4.24. The molecule has 0 aliphatic carbocycles. The monoisotopic (exact) mass is 204 g/mol. The van der Waals surface area contributed by atoms with E-state index in [-0.39, 0.29) is 0 Å². The quantitative estimate of drug-likeness (QED) is 0.786. The maximum absolute atomic E-state index is 3.64. The molecule has 2 heteroatoms. The van der Waals surface area contributed by atoms with Crippen LogP contribution in [-0.4, -0.2) is 19.1 Å². The minimum atomic E-state index is 0.695. The molecule has 82 valence electrons.